The molecule has 0 radical (unpaired) electrons. The van der Waals surface area contributed by atoms with E-state index in [1.54, 1.807) is 6.92 Å². The van der Waals surface area contributed by atoms with Crippen LogP contribution in [-0.2, 0) is 4.79 Å². The van der Waals surface area contributed by atoms with Crippen molar-refractivity contribution >= 4 is 11.6 Å². The van der Waals surface area contributed by atoms with Gasteiger partial charge >= 0.3 is 0 Å². The first-order valence-corrected chi connectivity index (χ1v) is 6.47. The molecule has 1 aromatic rings. The number of ketones is 2. The molecule has 0 heterocycles. The van der Waals surface area contributed by atoms with Crippen molar-refractivity contribution < 1.29 is 24.5 Å². The second kappa shape index (κ2) is 6.63. The minimum atomic E-state index is -1.44. The molecule has 5 heteroatoms. The van der Waals surface area contributed by atoms with Crippen LogP contribution < -0.4 is 4.74 Å². The first kappa shape index (κ1) is 16.3. The maximum absolute atomic E-state index is 11.8. The van der Waals surface area contributed by atoms with E-state index in [2.05, 4.69) is 0 Å². The van der Waals surface area contributed by atoms with Gasteiger partial charge in [-0.2, -0.15) is 0 Å². The van der Waals surface area contributed by atoms with Crippen molar-refractivity contribution in [2.24, 2.45) is 0 Å². The number of Topliss-reactive ketones (excluding diaryl/α,β-unsaturated/α-hetero) is 2. The van der Waals surface area contributed by atoms with E-state index >= 15 is 0 Å². The molecule has 0 bridgehead atoms. The summed E-state index contributed by atoms with van der Waals surface area (Å²) in [7, 11) is 0. The van der Waals surface area contributed by atoms with Crippen molar-refractivity contribution in [3.8, 4) is 5.75 Å². The van der Waals surface area contributed by atoms with Crippen molar-refractivity contribution in [1.29, 1.82) is 0 Å². The SMILES string of the molecule is CCC(=O)CC(O)Oc1ccc(C(=O)C(C)(C)O)cc1. The second-order valence-corrected chi connectivity index (χ2v) is 5.08. The van der Waals surface area contributed by atoms with Gasteiger partial charge in [0.15, 0.2) is 5.78 Å². The van der Waals surface area contributed by atoms with E-state index in [1.165, 1.54) is 38.1 Å². The molecule has 0 aliphatic carbocycles. The van der Waals surface area contributed by atoms with Gasteiger partial charge in [-0.3, -0.25) is 9.59 Å². The Bertz CT molecular complexity index is 470. The van der Waals surface area contributed by atoms with Gasteiger partial charge in [0.05, 0.1) is 6.42 Å². The average Bonchev–Trinajstić information content (AvgIpc) is 2.37. The molecular formula is C15H20O5. The molecule has 1 atom stereocenters. The molecule has 0 aromatic heterocycles. The summed E-state index contributed by atoms with van der Waals surface area (Å²) >= 11 is 0. The Kier molecular flexibility index (Phi) is 5.42. The molecule has 0 aliphatic heterocycles. The number of carbonyl (C=O) groups is 2. The van der Waals surface area contributed by atoms with Crippen LogP contribution in [0.25, 0.3) is 0 Å². The van der Waals surface area contributed by atoms with Gasteiger partial charge < -0.3 is 14.9 Å². The van der Waals surface area contributed by atoms with E-state index in [1.807, 2.05) is 0 Å². The Labute approximate surface area is 118 Å². The first-order valence-electron chi connectivity index (χ1n) is 6.47. The maximum atomic E-state index is 11.8. The van der Waals surface area contributed by atoms with Gasteiger partial charge in [-0.05, 0) is 38.1 Å². The lowest BCUT2D eigenvalue weighted by Crippen LogP contribution is -2.31. The van der Waals surface area contributed by atoms with Crippen molar-refractivity contribution in [2.75, 3.05) is 0 Å². The molecule has 0 saturated carbocycles. The fraction of sp³-hybridized carbons (Fsp3) is 0.467. The lowest BCUT2D eigenvalue weighted by molar-refractivity contribution is -0.125. The minimum absolute atomic E-state index is 0.0686. The number of rotatable bonds is 7. The van der Waals surface area contributed by atoms with Crippen LogP contribution in [0, 0.1) is 0 Å². The predicted molar refractivity (Wildman–Crippen MR) is 73.6 cm³/mol. The molecule has 0 aliphatic rings. The Morgan fingerprint density at radius 2 is 1.80 bits per heavy atom. The van der Waals surface area contributed by atoms with E-state index in [0.717, 1.165) is 0 Å². The highest BCUT2D eigenvalue weighted by Crippen LogP contribution is 2.18. The molecule has 20 heavy (non-hydrogen) atoms. The lowest BCUT2D eigenvalue weighted by Gasteiger charge is -2.16. The van der Waals surface area contributed by atoms with Gasteiger partial charge in [0.1, 0.15) is 17.1 Å². The number of carbonyl (C=O) groups excluding carboxylic acids is 2. The van der Waals surface area contributed by atoms with Gasteiger partial charge in [-0.25, -0.2) is 0 Å². The standard InChI is InChI=1S/C15H20O5/c1-4-11(16)9-13(17)20-12-7-5-10(6-8-12)14(18)15(2,3)19/h5-8,13,17,19H,4,9H2,1-3H3. The molecule has 5 nitrogen and oxygen atoms in total. The number of hydrogen-bond donors (Lipinski definition) is 2. The zero-order chi connectivity index (χ0) is 15.3. The van der Waals surface area contributed by atoms with Crippen LogP contribution in [0.5, 0.6) is 5.75 Å². The van der Waals surface area contributed by atoms with Crippen LogP contribution in [0.4, 0.5) is 0 Å². The number of ether oxygens (including phenoxy) is 1. The number of aliphatic hydroxyl groups excluding tert-OH is 1. The Morgan fingerprint density at radius 3 is 2.25 bits per heavy atom. The fourth-order valence-electron chi connectivity index (χ4n) is 1.58. The molecule has 0 amide bonds. The van der Waals surface area contributed by atoms with Crippen molar-refractivity contribution in [3.05, 3.63) is 29.8 Å². The van der Waals surface area contributed by atoms with Gasteiger partial charge in [0, 0.05) is 12.0 Å². The third-order valence-electron chi connectivity index (χ3n) is 2.74. The molecular weight excluding hydrogens is 260 g/mol. The molecule has 0 spiro atoms. The Morgan fingerprint density at radius 1 is 1.25 bits per heavy atom. The fourth-order valence-corrected chi connectivity index (χ4v) is 1.58. The van der Waals surface area contributed by atoms with Gasteiger partial charge in [0.25, 0.3) is 0 Å². The highest BCUT2D eigenvalue weighted by molar-refractivity contribution is 6.01. The smallest absolute Gasteiger partial charge is 0.204 e. The van der Waals surface area contributed by atoms with Crippen LogP contribution in [0.3, 0.4) is 0 Å². The van der Waals surface area contributed by atoms with E-state index in [-0.39, 0.29) is 12.2 Å². The van der Waals surface area contributed by atoms with Crippen LogP contribution in [0.1, 0.15) is 44.0 Å². The third-order valence-corrected chi connectivity index (χ3v) is 2.74. The van der Waals surface area contributed by atoms with E-state index in [9.17, 15) is 19.8 Å². The van der Waals surface area contributed by atoms with Gasteiger partial charge in [-0.1, -0.05) is 6.92 Å². The van der Waals surface area contributed by atoms with Gasteiger partial charge in [-0.15, -0.1) is 0 Å². The summed E-state index contributed by atoms with van der Waals surface area (Å²) < 4.78 is 5.17. The number of hydrogen-bond acceptors (Lipinski definition) is 5. The summed E-state index contributed by atoms with van der Waals surface area (Å²) in [5.74, 6) is -0.134. The van der Waals surface area contributed by atoms with Crippen molar-refractivity contribution in [3.63, 3.8) is 0 Å². The molecule has 0 saturated heterocycles. The summed E-state index contributed by atoms with van der Waals surface area (Å²) in [5, 5.41) is 19.2. The normalized spacial score (nSPS) is 12.8. The lowest BCUT2D eigenvalue weighted by atomic mass is 9.97. The quantitative estimate of drug-likeness (QED) is 0.586. The highest BCUT2D eigenvalue weighted by Gasteiger charge is 2.25. The van der Waals surface area contributed by atoms with Crippen LogP contribution in [-0.4, -0.2) is 33.7 Å². The van der Waals surface area contributed by atoms with Crippen LogP contribution >= 0.6 is 0 Å². The van der Waals surface area contributed by atoms with Crippen LogP contribution in [0.2, 0.25) is 0 Å². The summed E-state index contributed by atoms with van der Waals surface area (Å²) in [6, 6.07) is 6.03. The zero-order valence-corrected chi connectivity index (χ0v) is 11.9. The van der Waals surface area contributed by atoms with Crippen molar-refractivity contribution in [2.45, 2.75) is 45.5 Å². The number of aliphatic hydroxyl groups is 2. The third kappa shape index (κ3) is 4.75. The molecule has 1 unspecified atom stereocenters. The van der Waals surface area contributed by atoms with E-state index < -0.39 is 17.7 Å². The number of benzene rings is 1. The molecule has 1 aromatic carbocycles. The molecule has 1 rings (SSSR count). The van der Waals surface area contributed by atoms with E-state index in [0.29, 0.717) is 17.7 Å². The summed E-state index contributed by atoms with van der Waals surface area (Å²) in [5.41, 5.74) is -1.08. The largest absolute Gasteiger partial charge is 0.465 e. The predicted octanol–water partition coefficient (Wildman–Crippen LogP) is 1.71. The second-order valence-electron chi connectivity index (χ2n) is 5.08. The summed E-state index contributed by atoms with van der Waals surface area (Å²) in [6.07, 6.45) is -0.918. The summed E-state index contributed by atoms with van der Waals surface area (Å²) in [4.78, 5) is 23.0. The summed E-state index contributed by atoms with van der Waals surface area (Å²) in [6.45, 7) is 4.55. The van der Waals surface area contributed by atoms with Gasteiger partial charge in [0.2, 0.25) is 6.29 Å². The maximum Gasteiger partial charge on any atom is 0.204 e. The Hall–Kier alpha value is -1.72. The van der Waals surface area contributed by atoms with Crippen LogP contribution in [0.15, 0.2) is 24.3 Å². The molecule has 0 fully saturated rings. The monoisotopic (exact) mass is 280 g/mol. The zero-order valence-electron chi connectivity index (χ0n) is 11.9. The highest BCUT2D eigenvalue weighted by atomic mass is 16.6. The average molecular weight is 280 g/mol. The van der Waals surface area contributed by atoms with E-state index in [4.69, 9.17) is 4.74 Å². The molecule has 110 valence electrons. The topological polar surface area (TPSA) is 83.8 Å². The molecule has 2 N–H and O–H groups in total. The Balaban J connectivity index is 2.68. The minimum Gasteiger partial charge on any atom is -0.465 e. The first-order chi connectivity index (χ1) is 9.24. The van der Waals surface area contributed by atoms with Crippen molar-refractivity contribution in [1.82, 2.24) is 0 Å².